The van der Waals surface area contributed by atoms with Crippen molar-refractivity contribution in [1.82, 2.24) is 5.32 Å². The SMILES string of the molecule is CC(Cc1ccccc1)(NC1CCCCC1)C(=O)O. The van der Waals surface area contributed by atoms with Gasteiger partial charge in [-0.05, 0) is 25.3 Å². The second-order valence-electron chi connectivity index (χ2n) is 5.78. The van der Waals surface area contributed by atoms with Gasteiger partial charge in [0.2, 0.25) is 0 Å². The summed E-state index contributed by atoms with van der Waals surface area (Å²) >= 11 is 0. The van der Waals surface area contributed by atoms with E-state index in [0.717, 1.165) is 18.4 Å². The minimum absolute atomic E-state index is 0.346. The predicted octanol–water partition coefficient (Wildman–Crippen LogP) is 2.99. The lowest BCUT2D eigenvalue weighted by atomic mass is 9.88. The van der Waals surface area contributed by atoms with Crippen LogP contribution in [0.4, 0.5) is 0 Å². The molecule has 3 nitrogen and oxygen atoms in total. The van der Waals surface area contributed by atoms with E-state index < -0.39 is 11.5 Å². The van der Waals surface area contributed by atoms with Crippen molar-refractivity contribution >= 4 is 5.97 Å². The van der Waals surface area contributed by atoms with Gasteiger partial charge in [0, 0.05) is 12.5 Å². The van der Waals surface area contributed by atoms with Crippen molar-refractivity contribution in [2.75, 3.05) is 0 Å². The molecule has 0 spiro atoms. The molecule has 0 radical (unpaired) electrons. The molecule has 19 heavy (non-hydrogen) atoms. The first-order valence-corrected chi connectivity index (χ1v) is 7.15. The van der Waals surface area contributed by atoms with E-state index in [2.05, 4.69) is 5.32 Å². The van der Waals surface area contributed by atoms with Crippen molar-refractivity contribution in [3.8, 4) is 0 Å². The van der Waals surface area contributed by atoms with Gasteiger partial charge in [0.25, 0.3) is 0 Å². The Balaban J connectivity index is 2.06. The van der Waals surface area contributed by atoms with Gasteiger partial charge in [-0.2, -0.15) is 0 Å². The third kappa shape index (κ3) is 3.80. The van der Waals surface area contributed by atoms with Gasteiger partial charge < -0.3 is 5.11 Å². The van der Waals surface area contributed by atoms with Crippen molar-refractivity contribution in [3.05, 3.63) is 35.9 Å². The highest BCUT2D eigenvalue weighted by molar-refractivity contribution is 5.78. The zero-order chi connectivity index (χ0) is 13.7. The predicted molar refractivity (Wildman–Crippen MR) is 76.2 cm³/mol. The maximum atomic E-state index is 11.6. The van der Waals surface area contributed by atoms with Crippen LogP contribution >= 0.6 is 0 Å². The number of carbonyl (C=O) groups is 1. The molecule has 1 saturated carbocycles. The lowest BCUT2D eigenvalue weighted by molar-refractivity contribution is -0.144. The number of hydrogen-bond acceptors (Lipinski definition) is 2. The van der Waals surface area contributed by atoms with Crippen molar-refractivity contribution < 1.29 is 9.90 Å². The molecule has 0 saturated heterocycles. The highest BCUT2D eigenvalue weighted by Crippen LogP contribution is 2.22. The molecule has 1 aliphatic carbocycles. The molecule has 1 atom stereocenters. The molecule has 0 bridgehead atoms. The summed E-state index contributed by atoms with van der Waals surface area (Å²) in [5, 5.41) is 12.9. The second kappa shape index (κ2) is 6.20. The molecule has 1 aromatic rings. The Morgan fingerprint density at radius 1 is 1.26 bits per heavy atom. The van der Waals surface area contributed by atoms with Crippen molar-refractivity contribution in [2.24, 2.45) is 0 Å². The van der Waals surface area contributed by atoms with Crippen LogP contribution in [0.1, 0.15) is 44.6 Å². The molecule has 0 amide bonds. The standard InChI is InChI=1S/C16H23NO2/c1-16(15(18)19,12-13-8-4-2-5-9-13)17-14-10-6-3-7-11-14/h2,4-5,8-9,14,17H,3,6-7,10-12H2,1H3,(H,18,19). The number of carboxylic acid groups (broad SMARTS) is 1. The minimum atomic E-state index is -0.872. The molecule has 3 heteroatoms. The summed E-state index contributed by atoms with van der Waals surface area (Å²) in [7, 11) is 0. The van der Waals surface area contributed by atoms with E-state index in [-0.39, 0.29) is 0 Å². The van der Waals surface area contributed by atoms with Crippen molar-refractivity contribution in [1.29, 1.82) is 0 Å². The number of benzene rings is 1. The smallest absolute Gasteiger partial charge is 0.323 e. The molecule has 0 aliphatic heterocycles. The summed E-state index contributed by atoms with van der Waals surface area (Å²) in [6.07, 6.45) is 6.41. The maximum Gasteiger partial charge on any atom is 0.323 e. The van der Waals surface area contributed by atoms with E-state index in [1.54, 1.807) is 6.92 Å². The Kier molecular flexibility index (Phi) is 4.59. The maximum absolute atomic E-state index is 11.6. The molecule has 2 rings (SSSR count). The van der Waals surface area contributed by atoms with Crippen LogP contribution in [-0.2, 0) is 11.2 Å². The number of rotatable bonds is 5. The largest absolute Gasteiger partial charge is 0.480 e. The Labute approximate surface area is 115 Å². The monoisotopic (exact) mass is 261 g/mol. The first-order valence-electron chi connectivity index (χ1n) is 7.15. The van der Waals surface area contributed by atoms with Crippen LogP contribution in [0.5, 0.6) is 0 Å². The van der Waals surface area contributed by atoms with Gasteiger partial charge >= 0.3 is 5.97 Å². The van der Waals surface area contributed by atoms with E-state index >= 15 is 0 Å². The van der Waals surface area contributed by atoms with Crippen LogP contribution in [0.25, 0.3) is 0 Å². The van der Waals surface area contributed by atoms with E-state index in [1.807, 2.05) is 30.3 Å². The summed E-state index contributed by atoms with van der Waals surface area (Å²) in [6, 6.07) is 10.2. The molecule has 1 fully saturated rings. The van der Waals surface area contributed by atoms with Gasteiger partial charge in [-0.15, -0.1) is 0 Å². The summed E-state index contributed by atoms with van der Waals surface area (Å²) in [6.45, 7) is 1.80. The van der Waals surface area contributed by atoms with Gasteiger partial charge in [-0.1, -0.05) is 49.6 Å². The van der Waals surface area contributed by atoms with E-state index in [4.69, 9.17) is 0 Å². The fourth-order valence-corrected chi connectivity index (χ4v) is 2.89. The molecular weight excluding hydrogens is 238 g/mol. The Bertz CT molecular complexity index is 412. The van der Waals surface area contributed by atoms with Gasteiger partial charge in [0.15, 0.2) is 0 Å². The number of carboxylic acids is 1. The number of nitrogens with one attached hydrogen (secondary N) is 1. The summed E-state index contributed by atoms with van der Waals surface area (Å²) in [5.74, 6) is -0.762. The third-order valence-electron chi connectivity index (χ3n) is 4.00. The van der Waals surface area contributed by atoms with Gasteiger partial charge in [-0.25, -0.2) is 0 Å². The first kappa shape index (κ1) is 14.1. The zero-order valence-corrected chi connectivity index (χ0v) is 11.6. The van der Waals surface area contributed by atoms with E-state index in [0.29, 0.717) is 12.5 Å². The van der Waals surface area contributed by atoms with Gasteiger partial charge in [0.05, 0.1) is 0 Å². The minimum Gasteiger partial charge on any atom is -0.480 e. The van der Waals surface area contributed by atoms with Crippen LogP contribution in [-0.4, -0.2) is 22.7 Å². The Morgan fingerprint density at radius 3 is 2.47 bits per heavy atom. The topological polar surface area (TPSA) is 49.3 Å². The Hall–Kier alpha value is -1.35. The molecule has 0 heterocycles. The van der Waals surface area contributed by atoms with Crippen LogP contribution < -0.4 is 5.32 Å². The molecule has 104 valence electrons. The molecule has 1 aliphatic rings. The molecule has 1 aromatic carbocycles. The highest BCUT2D eigenvalue weighted by atomic mass is 16.4. The summed E-state index contributed by atoms with van der Waals surface area (Å²) in [4.78, 5) is 11.6. The van der Waals surface area contributed by atoms with E-state index in [1.165, 1.54) is 19.3 Å². The van der Waals surface area contributed by atoms with Crippen LogP contribution in [0.15, 0.2) is 30.3 Å². The van der Waals surface area contributed by atoms with Crippen LogP contribution in [0, 0.1) is 0 Å². The molecular formula is C16H23NO2. The molecule has 2 N–H and O–H groups in total. The normalized spacial score (nSPS) is 19.8. The van der Waals surface area contributed by atoms with Gasteiger partial charge in [0.1, 0.15) is 5.54 Å². The average Bonchev–Trinajstić information content (AvgIpc) is 2.40. The fourth-order valence-electron chi connectivity index (χ4n) is 2.89. The molecule has 0 aromatic heterocycles. The molecule has 1 unspecified atom stereocenters. The zero-order valence-electron chi connectivity index (χ0n) is 11.6. The van der Waals surface area contributed by atoms with Crippen LogP contribution in [0.2, 0.25) is 0 Å². The number of hydrogen-bond donors (Lipinski definition) is 2. The third-order valence-corrected chi connectivity index (χ3v) is 4.00. The van der Waals surface area contributed by atoms with E-state index in [9.17, 15) is 9.90 Å². The van der Waals surface area contributed by atoms with Crippen LogP contribution in [0.3, 0.4) is 0 Å². The summed E-state index contributed by atoms with van der Waals surface area (Å²) < 4.78 is 0. The quantitative estimate of drug-likeness (QED) is 0.856. The van der Waals surface area contributed by atoms with Crippen molar-refractivity contribution in [3.63, 3.8) is 0 Å². The first-order chi connectivity index (χ1) is 9.10. The second-order valence-corrected chi connectivity index (χ2v) is 5.78. The highest BCUT2D eigenvalue weighted by Gasteiger charge is 2.35. The van der Waals surface area contributed by atoms with Gasteiger partial charge in [-0.3, -0.25) is 10.1 Å². The fraction of sp³-hybridized carbons (Fsp3) is 0.562. The van der Waals surface area contributed by atoms with Crippen molar-refractivity contribution in [2.45, 2.75) is 57.0 Å². The lowest BCUT2D eigenvalue weighted by Gasteiger charge is -2.33. The lowest BCUT2D eigenvalue weighted by Crippen LogP contribution is -2.55. The summed E-state index contributed by atoms with van der Waals surface area (Å²) in [5.41, 5.74) is 0.194. The Morgan fingerprint density at radius 2 is 1.89 bits per heavy atom. The average molecular weight is 261 g/mol. The number of aliphatic carboxylic acids is 1.